The van der Waals surface area contributed by atoms with Crippen molar-refractivity contribution < 1.29 is 13.6 Å². The van der Waals surface area contributed by atoms with Gasteiger partial charge in [0.05, 0.1) is 0 Å². The van der Waals surface area contributed by atoms with Gasteiger partial charge in [0, 0.05) is 35.2 Å². The Labute approximate surface area is 156 Å². The summed E-state index contributed by atoms with van der Waals surface area (Å²) in [6, 6.07) is 11.7. The van der Waals surface area contributed by atoms with Gasteiger partial charge < -0.3 is 10.6 Å². The lowest BCUT2D eigenvalue weighted by molar-refractivity contribution is -0.124. The zero-order chi connectivity index (χ0) is 18.7. The molecule has 2 N–H and O–H groups in total. The average molecular weight is 377 g/mol. The second-order valence-electron chi connectivity index (χ2n) is 6.46. The van der Waals surface area contributed by atoms with E-state index in [9.17, 15) is 13.6 Å². The molecule has 1 aliphatic carbocycles. The first-order chi connectivity index (χ1) is 12.4. The topological polar surface area (TPSA) is 41.1 Å². The fourth-order valence-electron chi connectivity index (χ4n) is 3.05. The molecule has 3 rings (SSSR count). The maximum absolute atomic E-state index is 14.0. The lowest BCUT2D eigenvalue weighted by Gasteiger charge is -2.40. The predicted octanol–water partition coefficient (Wildman–Crippen LogP) is 4.81. The van der Waals surface area contributed by atoms with Gasteiger partial charge in [-0.25, -0.2) is 8.78 Å². The van der Waals surface area contributed by atoms with Crippen LogP contribution in [0.1, 0.15) is 24.4 Å². The van der Waals surface area contributed by atoms with E-state index in [1.165, 1.54) is 18.2 Å². The maximum atomic E-state index is 14.0. The molecule has 2 aromatic rings. The van der Waals surface area contributed by atoms with Gasteiger partial charge in [-0.1, -0.05) is 48.5 Å². The molecule has 1 saturated carbocycles. The van der Waals surface area contributed by atoms with Gasteiger partial charge in [0.1, 0.15) is 17.5 Å². The van der Waals surface area contributed by atoms with E-state index in [0.29, 0.717) is 16.3 Å². The molecule has 0 bridgehead atoms. The number of halogens is 3. The molecule has 1 atom stereocenters. The molecule has 1 aliphatic rings. The number of rotatable bonds is 6. The van der Waals surface area contributed by atoms with Gasteiger partial charge in [0.25, 0.3) is 0 Å². The molecule has 1 unspecified atom stereocenters. The summed E-state index contributed by atoms with van der Waals surface area (Å²) in [4.78, 5) is 12.8. The molecule has 0 aromatic heterocycles. The Kier molecular flexibility index (Phi) is 5.28. The molecule has 0 saturated heterocycles. The van der Waals surface area contributed by atoms with Crippen LogP contribution in [0.25, 0.3) is 0 Å². The molecule has 0 spiro atoms. The molecular formula is C20H19ClF2N2O. The highest BCUT2D eigenvalue weighted by Crippen LogP contribution is 2.37. The molecule has 1 amide bonds. The number of nitrogens with one attached hydrogen (secondary N) is 2. The first-order valence-electron chi connectivity index (χ1n) is 8.30. The van der Waals surface area contributed by atoms with Crippen LogP contribution in [0.15, 0.2) is 61.2 Å². The molecule has 3 nitrogen and oxygen atoms in total. The van der Waals surface area contributed by atoms with E-state index in [1.807, 2.05) is 0 Å². The van der Waals surface area contributed by atoms with Crippen molar-refractivity contribution in [3.63, 3.8) is 0 Å². The van der Waals surface area contributed by atoms with E-state index in [2.05, 4.69) is 17.2 Å². The van der Waals surface area contributed by atoms with E-state index in [4.69, 9.17) is 11.6 Å². The van der Waals surface area contributed by atoms with Crippen LogP contribution in [-0.2, 0) is 4.79 Å². The average Bonchev–Trinajstić information content (AvgIpc) is 2.59. The second kappa shape index (κ2) is 7.46. The third-order valence-electron chi connectivity index (χ3n) is 4.50. The number of hydrogen-bond acceptors (Lipinski definition) is 2. The van der Waals surface area contributed by atoms with Crippen LogP contribution in [0, 0.1) is 5.82 Å². The minimum atomic E-state index is -1.42. The third-order valence-corrected chi connectivity index (χ3v) is 4.84. The van der Waals surface area contributed by atoms with Crippen LogP contribution in [0.5, 0.6) is 0 Å². The van der Waals surface area contributed by atoms with Gasteiger partial charge in [-0.3, -0.25) is 4.79 Å². The van der Waals surface area contributed by atoms with Crippen molar-refractivity contribution in [2.75, 3.05) is 5.32 Å². The summed E-state index contributed by atoms with van der Waals surface area (Å²) in [6.07, 6.45) is 1.65. The van der Waals surface area contributed by atoms with E-state index in [1.54, 1.807) is 36.4 Å². The normalized spacial score (nSPS) is 22.8. The summed E-state index contributed by atoms with van der Waals surface area (Å²) in [6.45, 7) is 3.47. The predicted molar refractivity (Wildman–Crippen MR) is 99.4 cm³/mol. The highest BCUT2D eigenvalue weighted by molar-refractivity contribution is 6.31. The van der Waals surface area contributed by atoms with Crippen LogP contribution in [0.4, 0.5) is 14.5 Å². The zero-order valence-electron chi connectivity index (χ0n) is 14.0. The molecule has 26 heavy (non-hydrogen) atoms. The number of carbonyl (C=O) groups excluding carboxylic acids is 1. The molecule has 1 fully saturated rings. The zero-order valence-corrected chi connectivity index (χ0v) is 14.8. The van der Waals surface area contributed by atoms with Crippen molar-refractivity contribution in [1.82, 2.24) is 5.32 Å². The van der Waals surface area contributed by atoms with Gasteiger partial charge >= 0.3 is 0 Å². The van der Waals surface area contributed by atoms with Crippen molar-refractivity contribution in [3.05, 3.63) is 77.6 Å². The fraction of sp³-hybridized carbons (Fsp3) is 0.250. The first-order valence-corrected chi connectivity index (χ1v) is 8.67. The highest BCUT2D eigenvalue weighted by Gasteiger charge is 2.43. The Morgan fingerprint density at radius 2 is 2.00 bits per heavy atom. The Morgan fingerprint density at radius 3 is 2.65 bits per heavy atom. The van der Waals surface area contributed by atoms with E-state index >= 15 is 0 Å². The summed E-state index contributed by atoms with van der Waals surface area (Å²) in [5, 5.41) is 6.25. The number of alkyl halides is 1. The fourth-order valence-corrected chi connectivity index (χ4v) is 3.30. The summed E-state index contributed by atoms with van der Waals surface area (Å²) in [5.41, 5.74) is -0.413. The Balaban J connectivity index is 1.80. The van der Waals surface area contributed by atoms with Crippen LogP contribution in [0.2, 0.25) is 5.02 Å². The highest BCUT2D eigenvalue weighted by atomic mass is 35.5. The van der Waals surface area contributed by atoms with Gasteiger partial charge in [0.2, 0.25) is 5.91 Å². The van der Waals surface area contributed by atoms with Crippen LogP contribution in [0.3, 0.4) is 0 Å². The summed E-state index contributed by atoms with van der Waals surface area (Å²) in [5.74, 6) is -0.765. The van der Waals surface area contributed by atoms with Crippen molar-refractivity contribution in [3.8, 4) is 0 Å². The molecule has 0 radical (unpaired) electrons. The number of hydrogen-bond donors (Lipinski definition) is 2. The largest absolute Gasteiger partial charge is 0.370 e. The smallest absolute Gasteiger partial charge is 0.247 e. The number of allylic oxidation sites excluding steroid dienone is 1. The molecule has 2 aromatic carbocycles. The van der Waals surface area contributed by atoms with E-state index in [-0.39, 0.29) is 24.8 Å². The van der Waals surface area contributed by atoms with Gasteiger partial charge in [-0.15, -0.1) is 0 Å². The number of benzene rings is 2. The quantitative estimate of drug-likeness (QED) is 0.711. The lowest BCUT2D eigenvalue weighted by Crippen LogP contribution is -2.53. The minimum absolute atomic E-state index is 0.192. The standard InChI is InChI=1S/C20H19ClF2N2O/c1-2-20(23)11-15(12-20)25-19(26)18(16-8-3-4-9-17(16)21)24-14-7-5-6-13(22)10-14/h2-10,15,18,24H,1,11-12H2,(H,25,26). The molecular weight excluding hydrogens is 358 g/mol. The summed E-state index contributed by atoms with van der Waals surface area (Å²) < 4.78 is 27.4. The second-order valence-corrected chi connectivity index (χ2v) is 6.87. The number of anilines is 1. The molecule has 0 heterocycles. The Morgan fingerprint density at radius 1 is 1.27 bits per heavy atom. The van der Waals surface area contributed by atoms with Crippen LogP contribution in [-0.4, -0.2) is 17.6 Å². The Hall–Kier alpha value is -2.40. The third kappa shape index (κ3) is 4.05. The van der Waals surface area contributed by atoms with Crippen molar-refractivity contribution in [2.24, 2.45) is 0 Å². The number of amides is 1. The molecule has 6 heteroatoms. The van der Waals surface area contributed by atoms with Crippen molar-refractivity contribution in [2.45, 2.75) is 30.6 Å². The maximum Gasteiger partial charge on any atom is 0.247 e. The van der Waals surface area contributed by atoms with Gasteiger partial charge in [-0.05, 0) is 24.3 Å². The SMILES string of the molecule is C=CC1(F)CC(NC(=O)C(Nc2cccc(F)c2)c2ccccc2Cl)C1. The molecule has 136 valence electrons. The summed E-state index contributed by atoms with van der Waals surface area (Å²) in [7, 11) is 0. The van der Waals surface area contributed by atoms with Gasteiger partial charge in [-0.2, -0.15) is 0 Å². The van der Waals surface area contributed by atoms with Crippen molar-refractivity contribution in [1.29, 1.82) is 0 Å². The first kappa shape index (κ1) is 18.4. The van der Waals surface area contributed by atoms with E-state index in [0.717, 1.165) is 0 Å². The number of carbonyl (C=O) groups is 1. The minimum Gasteiger partial charge on any atom is -0.370 e. The Bertz CT molecular complexity index is 821. The molecule has 0 aliphatic heterocycles. The monoisotopic (exact) mass is 376 g/mol. The van der Waals surface area contributed by atoms with E-state index < -0.39 is 17.5 Å². The lowest BCUT2D eigenvalue weighted by atomic mass is 9.77. The van der Waals surface area contributed by atoms with Crippen LogP contribution < -0.4 is 10.6 Å². The van der Waals surface area contributed by atoms with Gasteiger partial charge in [0.15, 0.2) is 0 Å². The van der Waals surface area contributed by atoms with Crippen LogP contribution >= 0.6 is 11.6 Å². The summed E-state index contributed by atoms with van der Waals surface area (Å²) >= 11 is 6.25. The van der Waals surface area contributed by atoms with Crippen molar-refractivity contribution >= 4 is 23.2 Å².